The van der Waals surface area contributed by atoms with Crippen molar-refractivity contribution in [2.24, 2.45) is 5.92 Å². The first-order valence-electron chi connectivity index (χ1n) is 9.67. The molecule has 9 heteroatoms. The van der Waals surface area contributed by atoms with Crippen molar-refractivity contribution < 1.29 is 24.5 Å². The number of nitrogens with one attached hydrogen (secondary N) is 2. The monoisotopic (exact) mass is 415 g/mol. The van der Waals surface area contributed by atoms with Gasteiger partial charge in [0.05, 0.1) is 18.7 Å². The largest absolute Gasteiger partial charge is 0.491 e. The lowest BCUT2D eigenvalue weighted by atomic mass is 10.1. The van der Waals surface area contributed by atoms with E-state index in [-0.39, 0.29) is 49.5 Å². The molecule has 1 aliphatic carbocycles. The Hall–Kier alpha value is -3.17. The van der Waals surface area contributed by atoms with Crippen LogP contribution >= 0.6 is 0 Å². The van der Waals surface area contributed by atoms with Crippen LogP contribution in [0.2, 0.25) is 0 Å². The summed E-state index contributed by atoms with van der Waals surface area (Å²) in [4.78, 5) is 37.6. The fourth-order valence-corrected chi connectivity index (χ4v) is 3.15. The highest BCUT2D eigenvalue weighted by atomic mass is 16.5. The van der Waals surface area contributed by atoms with Crippen molar-refractivity contribution in [2.45, 2.75) is 19.0 Å². The van der Waals surface area contributed by atoms with Crippen LogP contribution in [0, 0.1) is 5.92 Å². The molecule has 1 aromatic heterocycles. The molecule has 2 aromatic rings. The quantitative estimate of drug-likeness (QED) is 0.446. The van der Waals surface area contributed by atoms with E-state index in [9.17, 15) is 14.4 Å². The number of pyridine rings is 1. The maximum absolute atomic E-state index is 12.8. The number of aliphatic hydroxyl groups is 2. The number of carbonyl (C=O) groups excluding carboxylic acids is 2. The molecule has 0 spiro atoms. The molecule has 9 nitrogen and oxygen atoms in total. The standard InChI is InChI=1S/C21H25N3O6/c1-22-20(28)17-8-14(19(27)23-18-9-15(18)12-26)11-24(21(17)29)10-13-3-2-4-16(7-13)30-6-5-25/h2-4,7-8,11,15,18,25-26H,5-6,9-10,12H2,1H3,(H,22,28)(H,23,27)/t15-,18+/m1/s1. The van der Waals surface area contributed by atoms with E-state index in [2.05, 4.69) is 10.6 Å². The van der Waals surface area contributed by atoms with Crippen molar-refractivity contribution >= 4 is 11.8 Å². The summed E-state index contributed by atoms with van der Waals surface area (Å²) < 4.78 is 6.70. The summed E-state index contributed by atoms with van der Waals surface area (Å²) >= 11 is 0. The summed E-state index contributed by atoms with van der Waals surface area (Å²) in [5.74, 6) is -0.406. The molecule has 0 unspecified atom stereocenters. The van der Waals surface area contributed by atoms with Gasteiger partial charge in [0.1, 0.15) is 17.9 Å². The number of amides is 2. The molecule has 2 amide bonds. The lowest BCUT2D eigenvalue weighted by Gasteiger charge is -2.13. The van der Waals surface area contributed by atoms with Crippen molar-refractivity contribution in [3.05, 3.63) is 63.6 Å². The van der Waals surface area contributed by atoms with E-state index in [1.54, 1.807) is 24.3 Å². The molecule has 3 rings (SSSR count). The third-order valence-corrected chi connectivity index (χ3v) is 4.90. The zero-order valence-corrected chi connectivity index (χ0v) is 16.6. The average Bonchev–Trinajstić information content (AvgIpc) is 3.51. The van der Waals surface area contributed by atoms with Crippen LogP contribution in [0.4, 0.5) is 0 Å². The zero-order chi connectivity index (χ0) is 21.7. The van der Waals surface area contributed by atoms with Crippen LogP contribution in [-0.2, 0) is 6.54 Å². The molecular weight excluding hydrogens is 390 g/mol. The minimum absolute atomic E-state index is 0.00261. The summed E-state index contributed by atoms with van der Waals surface area (Å²) in [5.41, 5.74) is 0.263. The summed E-state index contributed by atoms with van der Waals surface area (Å²) in [6.07, 6.45) is 2.12. The van der Waals surface area contributed by atoms with Gasteiger partial charge in [-0.1, -0.05) is 12.1 Å². The molecule has 0 aliphatic heterocycles. The van der Waals surface area contributed by atoms with Crippen LogP contribution in [0.5, 0.6) is 5.75 Å². The molecule has 0 bridgehead atoms. The van der Waals surface area contributed by atoms with E-state index in [1.165, 1.54) is 23.9 Å². The minimum atomic E-state index is -0.580. The highest BCUT2D eigenvalue weighted by Gasteiger charge is 2.37. The molecule has 1 heterocycles. The van der Waals surface area contributed by atoms with Gasteiger partial charge in [-0.15, -0.1) is 0 Å². The molecule has 1 aromatic carbocycles. The maximum Gasteiger partial charge on any atom is 0.263 e. The van der Waals surface area contributed by atoms with Gasteiger partial charge in [-0.05, 0) is 30.2 Å². The molecule has 160 valence electrons. The molecule has 0 saturated heterocycles. The number of hydrogen-bond donors (Lipinski definition) is 4. The minimum Gasteiger partial charge on any atom is -0.491 e. The second-order valence-electron chi connectivity index (χ2n) is 7.13. The van der Waals surface area contributed by atoms with Gasteiger partial charge in [-0.25, -0.2) is 0 Å². The Bertz CT molecular complexity index is 987. The molecule has 4 N–H and O–H groups in total. The van der Waals surface area contributed by atoms with E-state index < -0.39 is 17.4 Å². The summed E-state index contributed by atoms with van der Waals surface area (Å²) in [6, 6.07) is 8.18. The first-order valence-corrected chi connectivity index (χ1v) is 9.67. The fraction of sp³-hybridized carbons (Fsp3) is 0.381. The first kappa shape index (κ1) is 21.5. The number of rotatable bonds is 9. The van der Waals surface area contributed by atoms with Crippen LogP contribution < -0.4 is 20.9 Å². The second kappa shape index (κ2) is 9.55. The van der Waals surface area contributed by atoms with E-state index >= 15 is 0 Å². The third-order valence-electron chi connectivity index (χ3n) is 4.90. The predicted molar refractivity (Wildman–Crippen MR) is 109 cm³/mol. The number of carbonyl (C=O) groups is 2. The second-order valence-corrected chi connectivity index (χ2v) is 7.13. The summed E-state index contributed by atoms with van der Waals surface area (Å²) in [6.45, 7) is 0.163. The van der Waals surface area contributed by atoms with E-state index in [4.69, 9.17) is 14.9 Å². The number of benzene rings is 1. The van der Waals surface area contributed by atoms with Crippen LogP contribution in [0.15, 0.2) is 41.3 Å². The smallest absolute Gasteiger partial charge is 0.263 e. The van der Waals surface area contributed by atoms with Crippen molar-refractivity contribution in [2.75, 3.05) is 26.9 Å². The Labute approximate surface area is 173 Å². The number of aliphatic hydroxyl groups excluding tert-OH is 2. The fourth-order valence-electron chi connectivity index (χ4n) is 3.15. The van der Waals surface area contributed by atoms with Gasteiger partial charge in [0.15, 0.2) is 0 Å². The van der Waals surface area contributed by atoms with Gasteiger partial charge in [-0.2, -0.15) is 0 Å². The normalized spacial score (nSPS) is 17.3. The van der Waals surface area contributed by atoms with Gasteiger partial charge in [-0.3, -0.25) is 14.4 Å². The zero-order valence-electron chi connectivity index (χ0n) is 16.6. The van der Waals surface area contributed by atoms with Crippen LogP contribution in [0.25, 0.3) is 0 Å². The average molecular weight is 415 g/mol. The van der Waals surface area contributed by atoms with Gasteiger partial charge in [0, 0.05) is 31.8 Å². The lowest BCUT2D eigenvalue weighted by Crippen LogP contribution is -2.34. The Morgan fingerprint density at radius 3 is 2.70 bits per heavy atom. The van der Waals surface area contributed by atoms with Crippen LogP contribution in [0.1, 0.15) is 32.7 Å². The van der Waals surface area contributed by atoms with Crippen molar-refractivity contribution in [1.82, 2.24) is 15.2 Å². The van der Waals surface area contributed by atoms with Crippen molar-refractivity contribution in [1.29, 1.82) is 0 Å². The highest BCUT2D eigenvalue weighted by molar-refractivity contribution is 5.99. The van der Waals surface area contributed by atoms with E-state index in [0.29, 0.717) is 12.2 Å². The Morgan fingerprint density at radius 1 is 1.23 bits per heavy atom. The number of ether oxygens (including phenoxy) is 1. The van der Waals surface area contributed by atoms with Crippen molar-refractivity contribution in [3.8, 4) is 5.75 Å². The van der Waals surface area contributed by atoms with Gasteiger partial charge < -0.3 is 30.2 Å². The van der Waals surface area contributed by atoms with Crippen LogP contribution in [-0.4, -0.2) is 59.5 Å². The lowest BCUT2D eigenvalue weighted by molar-refractivity contribution is 0.0946. The van der Waals surface area contributed by atoms with Gasteiger partial charge in [0.25, 0.3) is 17.4 Å². The third kappa shape index (κ3) is 5.05. The van der Waals surface area contributed by atoms with Crippen molar-refractivity contribution in [3.63, 3.8) is 0 Å². The molecule has 2 atom stereocenters. The number of nitrogens with zero attached hydrogens (tertiary/aromatic N) is 1. The molecule has 1 saturated carbocycles. The Morgan fingerprint density at radius 2 is 2.03 bits per heavy atom. The molecule has 0 radical (unpaired) electrons. The predicted octanol–water partition coefficient (Wildman–Crippen LogP) is -0.262. The van der Waals surface area contributed by atoms with E-state index in [0.717, 1.165) is 5.56 Å². The first-order chi connectivity index (χ1) is 14.5. The Kier molecular flexibility index (Phi) is 6.86. The van der Waals surface area contributed by atoms with E-state index in [1.807, 2.05) is 0 Å². The Balaban J connectivity index is 1.90. The van der Waals surface area contributed by atoms with Gasteiger partial charge >= 0.3 is 0 Å². The topological polar surface area (TPSA) is 130 Å². The molecule has 30 heavy (non-hydrogen) atoms. The maximum atomic E-state index is 12.8. The summed E-state index contributed by atoms with van der Waals surface area (Å²) in [7, 11) is 1.41. The number of hydrogen-bond acceptors (Lipinski definition) is 6. The highest BCUT2D eigenvalue weighted by Crippen LogP contribution is 2.29. The summed E-state index contributed by atoms with van der Waals surface area (Å²) in [5, 5.41) is 23.3. The van der Waals surface area contributed by atoms with Gasteiger partial charge in [0.2, 0.25) is 0 Å². The van der Waals surface area contributed by atoms with Crippen LogP contribution in [0.3, 0.4) is 0 Å². The number of aromatic nitrogens is 1. The molecule has 1 fully saturated rings. The molecular formula is C21H25N3O6. The SMILES string of the molecule is CNC(=O)c1cc(C(=O)N[C@H]2C[C@@H]2CO)cn(Cc2cccc(OCCO)c2)c1=O. The molecule has 1 aliphatic rings.